The molecule has 0 bridgehead atoms. The summed E-state index contributed by atoms with van der Waals surface area (Å²) in [7, 11) is 0. The van der Waals surface area contributed by atoms with Gasteiger partial charge in [-0.25, -0.2) is 4.79 Å². The van der Waals surface area contributed by atoms with Crippen LogP contribution in [0.5, 0.6) is 5.75 Å². The van der Waals surface area contributed by atoms with Crippen molar-refractivity contribution in [3.63, 3.8) is 0 Å². The van der Waals surface area contributed by atoms with Crippen LogP contribution in [-0.4, -0.2) is 12.1 Å². The van der Waals surface area contributed by atoms with E-state index in [1.807, 2.05) is 13.8 Å². The Balaban J connectivity index is 3.05. The number of anilines is 1. The highest BCUT2D eigenvalue weighted by Crippen LogP contribution is 2.34. The Hall–Kier alpha value is -1.13. The molecule has 0 saturated heterocycles. The van der Waals surface area contributed by atoms with Crippen LogP contribution in [0.3, 0.4) is 0 Å². The fourth-order valence-corrected chi connectivity index (χ4v) is 1.58. The number of amides is 2. The predicted molar refractivity (Wildman–Crippen MR) is 65.4 cm³/mol. The third-order valence-corrected chi connectivity index (χ3v) is 2.25. The Morgan fingerprint density at radius 2 is 2.00 bits per heavy atom. The third kappa shape index (κ3) is 3.47. The number of rotatable bonds is 3. The van der Waals surface area contributed by atoms with E-state index in [-0.39, 0.29) is 6.10 Å². The zero-order valence-corrected chi connectivity index (χ0v) is 10.4. The van der Waals surface area contributed by atoms with Gasteiger partial charge in [0, 0.05) is 6.07 Å². The van der Waals surface area contributed by atoms with E-state index in [1.165, 1.54) is 12.1 Å². The molecule has 0 radical (unpaired) electrons. The average molecular weight is 263 g/mol. The maximum Gasteiger partial charge on any atom is 0.316 e. The quantitative estimate of drug-likeness (QED) is 0.878. The Morgan fingerprint density at radius 3 is 2.50 bits per heavy atom. The van der Waals surface area contributed by atoms with Crippen LogP contribution in [0.1, 0.15) is 13.8 Å². The van der Waals surface area contributed by atoms with E-state index in [0.717, 1.165) is 0 Å². The highest BCUT2D eigenvalue weighted by atomic mass is 35.5. The monoisotopic (exact) mass is 262 g/mol. The first kappa shape index (κ1) is 12.9. The van der Waals surface area contributed by atoms with Crippen LogP contribution in [0, 0.1) is 0 Å². The number of ether oxygens (including phenoxy) is 1. The maximum absolute atomic E-state index is 10.7. The number of nitrogens with two attached hydrogens (primary N) is 1. The van der Waals surface area contributed by atoms with Crippen molar-refractivity contribution >= 4 is 34.9 Å². The topological polar surface area (TPSA) is 64.3 Å². The van der Waals surface area contributed by atoms with Crippen LogP contribution < -0.4 is 15.8 Å². The van der Waals surface area contributed by atoms with Gasteiger partial charge in [0.15, 0.2) is 0 Å². The predicted octanol–water partition coefficient (Wildman–Crippen LogP) is 3.27. The largest absolute Gasteiger partial charge is 0.489 e. The number of primary amides is 1. The normalized spacial score (nSPS) is 10.3. The third-order valence-electron chi connectivity index (χ3n) is 1.64. The summed E-state index contributed by atoms with van der Waals surface area (Å²) >= 11 is 11.8. The molecule has 0 spiro atoms. The van der Waals surface area contributed by atoms with Crippen molar-refractivity contribution in [3.8, 4) is 5.75 Å². The maximum atomic E-state index is 10.7. The molecule has 0 aliphatic rings. The number of carbonyl (C=O) groups is 1. The molecule has 0 heterocycles. The lowest BCUT2D eigenvalue weighted by molar-refractivity contribution is 0.242. The molecular formula is C10H12Cl2N2O2. The average Bonchev–Trinajstić information content (AvgIpc) is 2.11. The van der Waals surface area contributed by atoms with E-state index in [4.69, 9.17) is 33.7 Å². The first-order chi connectivity index (χ1) is 7.40. The first-order valence-corrected chi connectivity index (χ1v) is 5.38. The number of benzene rings is 1. The summed E-state index contributed by atoms with van der Waals surface area (Å²) in [6, 6.07) is 2.33. The Kier molecular flexibility index (Phi) is 4.26. The van der Waals surface area contributed by atoms with Crippen LogP contribution in [0.25, 0.3) is 0 Å². The number of hydrogen-bond donors (Lipinski definition) is 2. The van der Waals surface area contributed by atoms with Gasteiger partial charge in [-0.15, -0.1) is 0 Å². The standard InChI is InChI=1S/C10H12Cl2N2O2/c1-5(2)16-9-4-8(14-10(13)15)6(11)3-7(9)12/h3-5H,1-2H3,(H3,13,14,15). The van der Waals surface area contributed by atoms with Gasteiger partial charge in [0.05, 0.1) is 21.8 Å². The second kappa shape index (κ2) is 5.27. The number of nitrogens with one attached hydrogen (secondary N) is 1. The SMILES string of the molecule is CC(C)Oc1cc(NC(N)=O)c(Cl)cc1Cl. The minimum absolute atomic E-state index is 0.0277. The Morgan fingerprint density at radius 1 is 1.38 bits per heavy atom. The van der Waals surface area contributed by atoms with Gasteiger partial charge in [-0.1, -0.05) is 23.2 Å². The van der Waals surface area contributed by atoms with E-state index < -0.39 is 6.03 Å². The van der Waals surface area contributed by atoms with Gasteiger partial charge in [-0.2, -0.15) is 0 Å². The van der Waals surface area contributed by atoms with Crippen LogP contribution in [0.15, 0.2) is 12.1 Å². The van der Waals surface area contributed by atoms with E-state index in [0.29, 0.717) is 21.5 Å². The number of carbonyl (C=O) groups excluding carboxylic acids is 1. The van der Waals surface area contributed by atoms with Gasteiger partial charge in [-0.3, -0.25) is 0 Å². The second-order valence-electron chi connectivity index (χ2n) is 3.42. The van der Waals surface area contributed by atoms with Crippen LogP contribution in [0.2, 0.25) is 10.0 Å². The lowest BCUT2D eigenvalue weighted by Gasteiger charge is -2.13. The van der Waals surface area contributed by atoms with Crippen LogP contribution in [-0.2, 0) is 0 Å². The molecule has 16 heavy (non-hydrogen) atoms. The summed E-state index contributed by atoms with van der Waals surface area (Å²) in [5.74, 6) is 0.449. The van der Waals surface area contributed by atoms with Crippen molar-refractivity contribution in [2.75, 3.05) is 5.32 Å². The summed E-state index contributed by atoms with van der Waals surface area (Å²) in [5.41, 5.74) is 5.37. The molecule has 1 aromatic rings. The molecule has 0 atom stereocenters. The highest BCUT2D eigenvalue weighted by Gasteiger charge is 2.10. The van der Waals surface area contributed by atoms with Crippen molar-refractivity contribution in [1.82, 2.24) is 0 Å². The van der Waals surface area contributed by atoms with Gasteiger partial charge in [0.2, 0.25) is 0 Å². The van der Waals surface area contributed by atoms with Crippen molar-refractivity contribution in [2.45, 2.75) is 20.0 Å². The molecule has 0 aliphatic carbocycles. The van der Waals surface area contributed by atoms with Crippen molar-refractivity contribution in [1.29, 1.82) is 0 Å². The molecule has 0 fully saturated rings. The minimum Gasteiger partial charge on any atom is -0.489 e. The molecule has 1 rings (SSSR count). The zero-order chi connectivity index (χ0) is 12.3. The fourth-order valence-electron chi connectivity index (χ4n) is 1.10. The van der Waals surface area contributed by atoms with Crippen molar-refractivity contribution in [3.05, 3.63) is 22.2 Å². The van der Waals surface area contributed by atoms with Crippen LogP contribution >= 0.6 is 23.2 Å². The molecule has 3 N–H and O–H groups in total. The number of urea groups is 1. The molecule has 1 aromatic carbocycles. The van der Waals surface area contributed by atoms with Crippen molar-refractivity contribution in [2.24, 2.45) is 5.73 Å². The first-order valence-electron chi connectivity index (χ1n) is 4.62. The van der Waals surface area contributed by atoms with Gasteiger partial charge in [-0.05, 0) is 19.9 Å². The lowest BCUT2D eigenvalue weighted by Crippen LogP contribution is -2.19. The molecule has 4 nitrogen and oxygen atoms in total. The lowest BCUT2D eigenvalue weighted by atomic mass is 10.3. The molecule has 0 saturated carbocycles. The molecular weight excluding hydrogens is 251 g/mol. The summed E-state index contributed by atoms with van der Waals surface area (Å²) < 4.78 is 5.44. The van der Waals surface area contributed by atoms with Gasteiger partial charge in [0.25, 0.3) is 0 Å². The van der Waals surface area contributed by atoms with E-state index in [2.05, 4.69) is 5.32 Å². The highest BCUT2D eigenvalue weighted by molar-refractivity contribution is 6.37. The van der Waals surface area contributed by atoms with Gasteiger partial charge in [0.1, 0.15) is 5.75 Å². The summed E-state index contributed by atoms with van der Waals surface area (Å²) in [6.45, 7) is 3.73. The number of halogens is 2. The van der Waals surface area contributed by atoms with Gasteiger partial charge < -0.3 is 15.8 Å². The fraction of sp³-hybridized carbons (Fsp3) is 0.300. The summed E-state index contributed by atoms with van der Waals surface area (Å²) in [4.78, 5) is 10.7. The van der Waals surface area contributed by atoms with E-state index in [9.17, 15) is 4.79 Å². The second-order valence-corrected chi connectivity index (χ2v) is 4.23. The molecule has 6 heteroatoms. The molecule has 88 valence electrons. The molecule has 2 amide bonds. The van der Waals surface area contributed by atoms with Crippen LogP contribution in [0.4, 0.5) is 10.5 Å². The molecule has 0 aromatic heterocycles. The summed E-state index contributed by atoms with van der Waals surface area (Å²) in [6.07, 6.45) is -0.0277. The minimum atomic E-state index is -0.695. The molecule has 0 unspecified atom stereocenters. The van der Waals surface area contributed by atoms with Crippen molar-refractivity contribution < 1.29 is 9.53 Å². The number of hydrogen-bond acceptors (Lipinski definition) is 2. The van der Waals surface area contributed by atoms with E-state index in [1.54, 1.807) is 0 Å². The Bertz CT molecular complexity index is 408. The van der Waals surface area contributed by atoms with Gasteiger partial charge >= 0.3 is 6.03 Å². The summed E-state index contributed by atoms with van der Waals surface area (Å²) in [5, 5.41) is 3.07. The van der Waals surface area contributed by atoms with E-state index >= 15 is 0 Å². The smallest absolute Gasteiger partial charge is 0.316 e. The zero-order valence-electron chi connectivity index (χ0n) is 8.88. The molecule has 0 aliphatic heterocycles. The Labute approximate surface area is 104 Å².